The molecule has 0 radical (unpaired) electrons. The van der Waals surface area contributed by atoms with Crippen molar-refractivity contribution in [1.82, 2.24) is 15.2 Å². The van der Waals surface area contributed by atoms with Crippen LogP contribution in [-0.2, 0) is 11.2 Å². The number of nitrogens with one attached hydrogen (secondary N) is 1. The number of hydrogen-bond acceptors (Lipinski definition) is 5. The average Bonchev–Trinajstić information content (AvgIpc) is 3.26. The maximum atomic E-state index is 11.5. The fourth-order valence-corrected chi connectivity index (χ4v) is 3.35. The Morgan fingerprint density at radius 2 is 2.04 bits per heavy atom. The number of H-pyrrole nitrogens is 1. The predicted octanol–water partition coefficient (Wildman–Crippen LogP) is 3.19. The quantitative estimate of drug-likeness (QED) is 0.619. The summed E-state index contributed by atoms with van der Waals surface area (Å²) in [4.78, 5) is 18.3. The van der Waals surface area contributed by atoms with E-state index in [1.807, 2.05) is 31.2 Å². The Morgan fingerprint density at radius 1 is 1.33 bits per heavy atom. The van der Waals surface area contributed by atoms with Gasteiger partial charge in [-0.1, -0.05) is 19.1 Å². The summed E-state index contributed by atoms with van der Waals surface area (Å²) in [6.45, 7) is 4.15. The molecule has 0 atom stereocenters. The maximum Gasteiger partial charge on any atom is 0.342 e. The van der Waals surface area contributed by atoms with Crippen molar-refractivity contribution in [2.75, 3.05) is 18.0 Å². The minimum absolute atomic E-state index is 0.200. The lowest BCUT2D eigenvalue weighted by molar-refractivity contribution is -0.131. The first-order chi connectivity index (χ1) is 11.7. The lowest BCUT2D eigenvalue weighted by Crippen LogP contribution is -2.17. The highest BCUT2D eigenvalue weighted by Gasteiger charge is 2.14. The molecule has 0 bridgehead atoms. The van der Waals surface area contributed by atoms with Crippen molar-refractivity contribution in [3.63, 3.8) is 0 Å². The van der Waals surface area contributed by atoms with Gasteiger partial charge in [-0.25, -0.2) is 9.78 Å². The zero-order valence-corrected chi connectivity index (χ0v) is 14.3. The zero-order valence-electron chi connectivity index (χ0n) is 13.5. The second-order valence-electron chi connectivity index (χ2n) is 5.62. The Morgan fingerprint density at radius 3 is 2.62 bits per heavy atom. The van der Waals surface area contributed by atoms with E-state index >= 15 is 0 Å². The second kappa shape index (κ2) is 7.53. The first-order valence-corrected chi connectivity index (χ1v) is 8.86. The van der Waals surface area contributed by atoms with Gasteiger partial charge in [-0.2, -0.15) is 0 Å². The lowest BCUT2D eigenvalue weighted by atomic mass is 10.2. The summed E-state index contributed by atoms with van der Waals surface area (Å²) < 4.78 is 0. The van der Waals surface area contributed by atoms with Crippen LogP contribution in [-0.4, -0.2) is 39.3 Å². The highest BCUT2D eigenvalue weighted by Crippen LogP contribution is 2.27. The third-order valence-electron chi connectivity index (χ3n) is 3.92. The van der Waals surface area contributed by atoms with Gasteiger partial charge in [-0.05, 0) is 48.4 Å². The van der Waals surface area contributed by atoms with E-state index in [-0.39, 0.29) is 4.91 Å². The Bertz CT molecular complexity index is 733. The van der Waals surface area contributed by atoms with Crippen LogP contribution in [0.2, 0.25) is 0 Å². The molecule has 3 rings (SSSR count). The standard InChI is InChI=1S/C17H20N4O2S/c1-2-15-18-17(20-19-15)24-14(16(22)23)11-12-5-7-13(8-6-12)21-9-3-4-10-21/h5-8,11H,2-4,9-10H2,1H3,(H,22,23)(H,18,19,20)/b14-11+. The van der Waals surface area contributed by atoms with E-state index in [1.165, 1.54) is 18.5 Å². The number of aromatic amines is 1. The monoisotopic (exact) mass is 344 g/mol. The van der Waals surface area contributed by atoms with Crippen LogP contribution in [0, 0.1) is 0 Å². The number of nitrogens with zero attached hydrogens (tertiary/aromatic N) is 3. The Kier molecular flexibility index (Phi) is 5.20. The summed E-state index contributed by atoms with van der Waals surface area (Å²) in [6.07, 6.45) is 4.86. The molecule has 6 nitrogen and oxygen atoms in total. The van der Waals surface area contributed by atoms with E-state index < -0.39 is 5.97 Å². The molecule has 1 saturated heterocycles. The molecule has 1 aliphatic heterocycles. The Balaban J connectivity index is 1.76. The number of carboxylic acids is 1. The highest BCUT2D eigenvalue weighted by molar-refractivity contribution is 8.04. The lowest BCUT2D eigenvalue weighted by Gasteiger charge is -2.17. The van der Waals surface area contributed by atoms with E-state index in [4.69, 9.17) is 0 Å². The molecule has 1 aliphatic rings. The van der Waals surface area contributed by atoms with Gasteiger partial charge in [-0.3, -0.25) is 5.10 Å². The molecule has 1 aromatic heterocycles. The number of aromatic nitrogens is 3. The number of benzene rings is 1. The van der Waals surface area contributed by atoms with Gasteiger partial charge in [0.25, 0.3) is 0 Å². The Labute approximate surface area is 145 Å². The highest BCUT2D eigenvalue weighted by atomic mass is 32.2. The average molecular weight is 344 g/mol. The topological polar surface area (TPSA) is 82.1 Å². The third kappa shape index (κ3) is 3.97. The van der Waals surface area contributed by atoms with Gasteiger partial charge in [0.2, 0.25) is 5.16 Å². The molecule has 2 aromatic rings. The molecule has 0 spiro atoms. The van der Waals surface area contributed by atoms with E-state index in [1.54, 1.807) is 6.08 Å². The number of aryl methyl sites for hydroxylation is 1. The molecule has 24 heavy (non-hydrogen) atoms. The van der Waals surface area contributed by atoms with Crippen molar-refractivity contribution < 1.29 is 9.90 Å². The first-order valence-electron chi connectivity index (χ1n) is 8.05. The van der Waals surface area contributed by atoms with Crippen molar-refractivity contribution in [2.24, 2.45) is 0 Å². The fourth-order valence-electron chi connectivity index (χ4n) is 2.62. The van der Waals surface area contributed by atoms with Gasteiger partial charge in [0.1, 0.15) is 10.7 Å². The summed E-state index contributed by atoms with van der Waals surface area (Å²) in [5.74, 6) is -0.233. The maximum absolute atomic E-state index is 11.5. The minimum atomic E-state index is -0.980. The number of carbonyl (C=O) groups is 1. The van der Waals surface area contributed by atoms with Crippen molar-refractivity contribution in [3.8, 4) is 0 Å². The SMILES string of the molecule is CCc1nc(S/C(=C/c2ccc(N3CCCC3)cc2)C(=O)O)n[nH]1. The molecule has 0 saturated carbocycles. The molecular formula is C17H20N4O2S. The van der Waals surface area contributed by atoms with Gasteiger partial charge in [-0.15, -0.1) is 5.10 Å². The molecule has 1 aromatic carbocycles. The van der Waals surface area contributed by atoms with Crippen LogP contribution < -0.4 is 4.90 Å². The van der Waals surface area contributed by atoms with Crippen LogP contribution in [0.1, 0.15) is 31.2 Å². The predicted molar refractivity (Wildman–Crippen MR) is 95.1 cm³/mol. The molecule has 2 N–H and O–H groups in total. The molecule has 7 heteroatoms. The molecule has 2 heterocycles. The van der Waals surface area contributed by atoms with Gasteiger partial charge < -0.3 is 10.0 Å². The summed E-state index contributed by atoms with van der Waals surface area (Å²) in [5, 5.41) is 16.7. The number of hydrogen-bond donors (Lipinski definition) is 2. The third-order valence-corrected chi connectivity index (χ3v) is 4.80. The van der Waals surface area contributed by atoms with Gasteiger partial charge in [0, 0.05) is 25.2 Å². The van der Waals surface area contributed by atoms with Crippen molar-refractivity contribution >= 4 is 29.5 Å². The molecule has 0 aliphatic carbocycles. The molecule has 1 fully saturated rings. The van der Waals surface area contributed by atoms with Gasteiger partial charge in [0.15, 0.2) is 0 Å². The molecular weight excluding hydrogens is 324 g/mol. The van der Waals surface area contributed by atoms with E-state index in [0.717, 1.165) is 42.7 Å². The van der Waals surface area contributed by atoms with Crippen LogP contribution in [0.3, 0.4) is 0 Å². The summed E-state index contributed by atoms with van der Waals surface area (Å²) >= 11 is 1.06. The normalized spacial score (nSPS) is 15.0. The fraction of sp³-hybridized carbons (Fsp3) is 0.353. The van der Waals surface area contributed by atoms with Crippen molar-refractivity contribution in [1.29, 1.82) is 0 Å². The smallest absolute Gasteiger partial charge is 0.342 e. The van der Waals surface area contributed by atoms with Crippen LogP contribution in [0.5, 0.6) is 0 Å². The van der Waals surface area contributed by atoms with Crippen LogP contribution in [0.15, 0.2) is 34.3 Å². The molecule has 126 valence electrons. The zero-order chi connectivity index (χ0) is 16.9. The van der Waals surface area contributed by atoms with E-state index in [9.17, 15) is 9.90 Å². The van der Waals surface area contributed by atoms with Crippen LogP contribution in [0.25, 0.3) is 6.08 Å². The largest absolute Gasteiger partial charge is 0.477 e. The number of thioether (sulfide) groups is 1. The molecule has 0 amide bonds. The van der Waals surface area contributed by atoms with Crippen LogP contribution >= 0.6 is 11.8 Å². The van der Waals surface area contributed by atoms with Crippen LogP contribution in [0.4, 0.5) is 5.69 Å². The summed E-state index contributed by atoms with van der Waals surface area (Å²) in [7, 11) is 0. The van der Waals surface area contributed by atoms with Gasteiger partial charge in [0.05, 0.1) is 0 Å². The number of rotatable bonds is 6. The van der Waals surface area contributed by atoms with E-state index in [0.29, 0.717) is 5.16 Å². The summed E-state index contributed by atoms with van der Waals surface area (Å²) in [6, 6.07) is 7.99. The second-order valence-corrected chi connectivity index (χ2v) is 6.63. The number of carboxylic acid groups (broad SMARTS) is 1. The van der Waals surface area contributed by atoms with E-state index in [2.05, 4.69) is 20.1 Å². The first kappa shape index (κ1) is 16.6. The Hall–Kier alpha value is -2.28. The van der Waals surface area contributed by atoms with Crippen molar-refractivity contribution in [2.45, 2.75) is 31.3 Å². The number of anilines is 1. The van der Waals surface area contributed by atoms with Crippen molar-refractivity contribution in [3.05, 3.63) is 40.6 Å². The number of aliphatic carboxylic acids is 1. The van der Waals surface area contributed by atoms with Gasteiger partial charge >= 0.3 is 5.97 Å². The minimum Gasteiger partial charge on any atom is -0.477 e. The molecule has 0 unspecified atom stereocenters. The summed E-state index contributed by atoms with van der Waals surface area (Å²) in [5.41, 5.74) is 2.05.